The predicted molar refractivity (Wildman–Crippen MR) is 83.4 cm³/mol. The molecule has 0 atom stereocenters. The summed E-state index contributed by atoms with van der Waals surface area (Å²) in [4.78, 5) is 1.44. The van der Waals surface area contributed by atoms with Crippen molar-refractivity contribution < 1.29 is 0 Å². The molecule has 19 heavy (non-hydrogen) atoms. The van der Waals surface area contributed by atoms with Gasteiger partial charge in [-0.05, 0) is 47.3 Å². The van der Waals surface area contributed by atoms with Crippen LogP contribution in [-0.2, 0) is 6.54 Å². The molecule has 2 heteroatoms. The van der Waals surface area contributed by atoms with Crippen LogP contribution in [0.15, 0.2) is 41.8 Å². The van der Waals surface area contributed by atoms with E-state index in [1.807, 2.05) is 11.3 Å². The third-order valence-electron chi connectivity index (χ3n) is 4.27. The van der Waals surface area contributed by atoms with E-state index >= 15 is 0 Å². The van der Waals surface area contributed by atoms with Crippen LogP contribution in [0, 0.1) is 5.41 Å². The first-order chi connectivity index (χ1) is 9.31. The maximum atomic E-state index is 3.63. The van der Waals surface area contributed by atoms with Crippen molar-refractivity contribution in [2.75, 3.05) is 6.54 Å². The van der Waals surface area contributed by atoms with Crippen molar-refractivity contribution in [3.8, 4) is 11.1 Å². The highest BCUT2D eigenvalue weighted by molar-refractivity contribution is 7.10. The van der Waals surface area contributed by atoms with Crippen molar-refractivity contribution >= 4 is 11.3 Å². The summed E-state index contributed by atoms with van der Waals surface area (Å²) in [5.41, 5.74) is 3.30. The third-order valence-corrected chi connectivity index (χ3v) is 5.20. The smallest absolute Gasteiger partial charge is 0.0300 e. The zero-order chi connectivity index (χ0) is 13.1. The zero-order valence-electron chi connectivity index (χ0n) is 11.5. The van der Waals surface area contributed by atoms with Gasteiger partial charge in [0.15, 0.2) is 0 Å². The lowest BCUT2D eigenvalue weighted by atomic mass is 10.0. The first kappa shape index (κ1) is 12.9. The number of rotatable bonds is 6. The topological polar surface area (TPSA) is 12.0 Å². The fraction of sp³-hybridized carbons (Fsp3) is 0.412. The van der Waals surface area contributed by atoms with Gasteiger partial charge in [-0.3, -0.25) is 0 Å². The van der Waals surface area contributed by atoms with Gasteiger partial charge in [0.2, 0.25) is 0 Å². The van der Waals surface area contributed by atoms with Crippen LogP contribution in [0.2, 0.25) is 0 Å². The lowest BCUT2D eigenvalue weighted by Crippen LogP contribution is -2.22. The minimum atomic E-state index is 0.638. The molecule has 0 unspecified atom stereocenters. The molecule has 3 rings (SSSR count). The summed E-state index contributed by atoms with van der Waals surface area (Å²) >= 11 is 1.86. The van der Waals surface area contributed by atoms with Crippen LogP contribution in [0.25, 0.3) is 11.1 Å². The van der Waals surface area contributed by atoms with Gasteiger partial charge in [0.05, 0.1) is 0 Å². The Morgan fingerprint density at radius 1 is 1.16 bits per heavy atom. The molecule has 0 spiro atoms. The van der Waals surface area contributed by atoms with Crippen molar-refractivity contribution in [1.82, 2.24) is 5.32 Å². The average Bonchev–Trinajstić information content (AvgIpc) is 3.09. The van der Waals surface area contributed by atoms with Gasteiger partial charge in [-0.25, -0.2) is 0 Å². The minimum Gasteiger partial charge on any atom is -0.311 e. The zero-order valence-corrected chi connectivity index (χ0v) is 12.3. The summed E-state index contributed by atoms with van der Waals surface area (Å²) in [6.07, 6.45) is 4.14. The van der Waals surface area contributed by atoms with Crippen LogP contribution < -0.4 is 5.32 Å². The van der Waals surface area contributed by atoms with Crippen molar-refractivity contribution in [2.45, 2.75) is 32.7 Å². The van der Waals surface area contributed by atoms with Crippen molar-refractivity contribution in [2.24, 2.45) is 5.41 Å². The van der Waals surface area contributed by atoms with E-state index in [-0.39, 0.29) is 0 Å². The van der Waals surface area contributed by atoms with E-state index in [2.05, 4.69) is 54.0 Å². The summed E-state index contributed by atoms with van der Waals surface area (Å²) in [6, 6.07) is 12.9. The summed E-state index contributed by atoms with van der Waals surface area (Å²) in [5.74, 6) is 0. The Bertz CT molecular complexity index is 525. The molecule has 1 saturated carbocycles. The van der Waals surface area contributed by atoms with Gasteiger partial charge in [0, 0.05) is 18.0 Å². The molecule has 1 N–H and O–H groups in total. The number of thiophene rings is 1. The van der Waals surface area contributed by atoms with Crippen LogP contribution in [0.5, 0.6) is 0 Å². The largest absolute Gasteiger partial charge is 0.311 e. The molecule has 1 fully saturated rings. The third kappa shape index (κ3) is 3.07. The Morgan fingerprint density at radius 2 is 1.95 bits per heavy atom. The molecule has 1 aliphatic rings. The van der Waals surface area contributed by atoms with Crippen LogP contribution in [0.3, 0.4) is 0 Å². The number of nitrogens with one attached hydrogen (secondary N) is 1. The number of hydrogen-bond acceptors (Lipinski definition) is 2. The molecular formula is C17H21NS. The molecule has 1 aromatic heterocycles. The highest BCUT2D eigenvalue weighted by Gasteiger charge is 2.39. The van der Waals surface area contributed by atoms with Crippen molar-refractivity contribution in [1.29, 1.82) is 0 Å². The quantitative estimate of drug-likeness (QED) is 0.803. The lowest BCUT2D eigenvalue weighted by molar-refractivity contribution is 0.444. The Kier molecular flexibility index (Phi) is 3.72. The van der Waals surface area contributed by atoms with Crippen LogP contribution >= 0.6 is 11.3 Å². The molecular weight excluding hydrogens is 250 g/mol. The maximum absolute atomic E-state index is 3.63. The summed E-state index contributed by atoms with van der Waals surface area (Å²) in [6.45, 7) is 4.51. The monoisotopic (exact) mass is 271 g/mol. The first-order valence-corrected chi connectivity index (χ1v) is 8.03. The van der Waals surface area contributed by atoms with Gasteiger partial charge in [0.1, 0.15) is 0 Å². The van der Waals surface area contributed by atoms with E-state index in [4.69, 9.17) is 0 Å². The van der Waals surface area contributed by atoms with Gasteiger partial charge in [-0.2, -0.15) is 0 Å². The predicted octanol–water partition coefficient (Wildman–Crippen LogP) is 4.69. The Balaban J connectivity index is 1.57. The molecule has 1 aliphatic carbocycles. The van der Waals surface area contributed by atoms with Crippen molar-refractivity contribution in [3.05, 3.63) is 46.7 Å². The van der Waals surface area contributed by atoms with E-state index in [9.17, 15) is 0 Å². The SMILES string of the molecule is CCC1(CNCc2cc(-c3ccccc3)cs2)CC1. The maximum Gasteiger partial charge on any atom is 0.0300 e. The molecule has 0 bridgehead atoms. The second kappa shape index (κ2) is 5.48. The van der Waals surface area contributed by atoms with Crippen LogP contribution in [-0.4, -0.2) is 6.54 Å². The average molecular weight is 271 g/mol. The fourth-order valence-corrected chi connectivity index (χ4v) is 3.40. The van der Waals surface area contributed by atoms with Gasteiger partial charge in [-0.1, -0.05) is 37.3 Å². The molecule has 1 aromatic carbocycles. The summed E-state index contributed by atoms with van der Waals surface area (Å²) in [5, 5.41) is 5.89. The number of hydrogen-bond donors (Lipinski definition) is 1. The molecule has 100 valence electrons. The second-order valence-electron chi connectivity index (χ2n) is 5.62. The molecule has 0 radical (unpaired) electrons. The van der Waals surface area contributed by atoms with Crippen LogP contribution in [0.1, 0.15) is 31.1 Å². The summed E-state index contributed by atoms with van der Waals surface area (Å²) in [7, 11) is 0. The Hall–Kier alpha value is -1.12. The highest BCUT2D eigenvalue weighted by atomic mass is 32.1. The van der Waals surface area contributed by atoms with E-state index < -0.39 is 0 Å². The molecule has 1 nitrogen and oxygen atoms in total. The van der Waals surface area contributed by atoms with E-state index in [1.165, 1.54) is 41.8 Å². The molecule has 0 saturated heterocycles. The van der Waals surface area contributed by atoms with Gasteiger partial charge in [0.25, 0.3) is 0 Å². The molecule has 2 aromatic rings. The second-order valence-corrected chi connectivity index (χ2v) is 6.62. The standard InChI is InChI=1S/C17H21NS/c1-2-17(8-9-17)13-18-11-16-10-15(12-19-16)14-6-4-3-5-7-14/h3-7,10,12,18H,2,8-9,11,13H2,1H3. The fourth-order valence-electron chi connectivity index (χ4n) is 2.54. The van der Waals surface area contributed by atoms with E-state index in [1.54, 1.807) is 0 Å². The molecule has 0 amide bonds. The van der Waals surface area contributed by atoms with Gasteiger partial charge in [-0.15, -0.1) is 11.3 Å². The van der Waals surface area contributed by atoms with E-state index in [0.29, 0.717) is 5.41 Å². The highest BCUT2D eigenvalue weighted by Crippen LogP contribution is 2.47. The minimum absolute atomic E-state index is 0.638. The van der Waals surface area contributed by atoms with Crippen molar-refractivity contribution in [3.63, 3.8) is 0 Å². The molecule has 0 aliphatic heterocycles. The molecule has 1 heterocycles. The first-order valence-electron chi connectivity index (χ1n) is 7.15. The van der Waals surface area contributed by atoms with Gasteiger partial charge >= 0.3 is 0 Å². The summed E-state index contributed by atoms with van der Waals surface area (Å²) < 4.78 is 0. The van der Waals surface area contributed by atoms with Gasteiger partial charge < -0.3 is 5.32 Å². The Labute approximate surface area is 119 Å². The lowest BCUT2D eigenvalue weighted by Gasteiger charge is -2.12. The van der Waals surface area contributed by atoms with Crippen LogP contribution in [0.4, 0.5) is 0 Å². The van der Waals surface area contributed by atoms with E-state index in [0.717, 1.165) is 6.54 Å². The normalized spacial score (nSPS) is 16.5. The Morgan fingerprint density at radius 3 is 2.63 bits per heavy atom. The number of benzene rings is 1.